The maximum Gasteiger partial charge on any atom is 0.261 e. The zero-order chi connectivity index (χ0) is 14.3. The fourth-order valence-electron chi connectivity index (χ4n) is 2.85. The van der Waals surface area contributed by atoms with Crippen LogP contribution in [0.2, 0.25) is 0 Å². The van der Waals surface area contributed by atoms with Gasteiger partial charge in [-0.15, -0.1) is 0 Å². The summed E-state index contributed by atoms with van der Waals surface area (Å²) in [7, 11) is 0. The van der Waals surface area contributed by atoms with Crippen LogP contribution in [0, 0.1) is 5.92 Å². The van der Waals surface area contributed by atoms with Crippen molar-refractivity contribution in [2.24, 2.45) is 5.92 Å². The second-order valence-corrected chi connectivity index (χ2v) is 5.46. The molecule has 0 N–H and O–H groups in total. The van der Waals surface area contributed by atoms with Gasteiger partial charge in [-0.05, 0) is 18.1 Å². The molecule has 5 heteroatoms. The molecule has 0 aliphatic carbocycles. The first-order valence-electron chi connectivity index (χ1n) is 6.81. The van der Waals surface area contributed by atoms with E-state index in [0.717, 1.165) is 0 Å². The molecule has 3 rings (SSSR count). The lowest BCUT2D eigenvalue weighted by atomic mass is 10.1. The molecular formula is C15H16N2O3. The zero-order valence-electron chi connectivity index (χ0n) is 11.3. The molecule has 0 radical (unpaired) electrons. The number of carbonyl (C=O) groups is 3. The highest BCUT2D eigenvalue weighted by Gasteiger charge is 2.36. The van der Waals surface area contributed by atoms with Crippen molar-refractivity contribution in [1.82, 2.24) is 9.80 Å². The molecule has 3 amide bonds. The Bertz CT molecular complexity index is 562. The first kappa shape index (κ1) is 12.8. The van der Waals surface area contributed by atoms with E-state index in [9.17, 15) is 14.4 Å². The quantitative estimate of drug-likeness (QED) is 0.776. The number of carbonyl (C=O) groups excluding carboxylic acids is 3. The molecule has 1 atom stereocenters. The molecule has 2 aliphatic heterocycles. The van der Waals surface area contributed by atoms with Crippen LogP contribution in [0.4, 0.5) is 0 Å². The van der Waals surface area contributed by atoms with E-state index in [1.54, 1.807) is 29.2 Å². The third-order valence-corrected chi connectivity index (χ3v) is 3.88. The van der Waals surface area contributed by atoms with E-state index in [1.165, 1.54) is 4.90 Å². The van der Waals surface area contributed by atoms with Crippen LogP contribution < -0.4 is 0 Å². The number of imide groups is 1. The van der Waals surface area contributed by atoms with Crippen LogP contribution in [0.5, 0.6) is 0 Å². The van der Waals surface area contributed by atoms with E-state index < -0.39 is 0 Å². The summed E-state index contributed by atoms with van der Waals surface area (Å²) in [6.07, 6.45) is 0.558. The van der Waals surface area contributed by atoms with Crippen molar-refractivity contribution in [2.75, 3.05) is 19.6 Å². The van der Waals surface area contributed by atoms with Gasteiger partial charge >= 0.3 is 0 Å². The van der Waals surface area contributed by atoms with Crippen LogP contribution in [0.15, 0.2) is 24.3 Å². The smallest absolute Gasteiger partial charge is 0.261 e. The third kappa shape index (κ3) is 1.99. The van der Waals surface area contributed by atoms with Crippen LogP contribution in [-0.2, 0) is 4.79 Å². The van der Waals surface area contributed by atoms with Gasteiger partial charge < -0.3 is 4.90 Å². The van der Waals surface area contributed by atoms with Gasteiger partial charge in [0.05, 0.1) is 11.1 Å². The van der Waals surface area contributed by atoms with E-state index >= 15 is 0 Å². The lowest BCUT2D eigenvalue weighted by Gasteiger charge is -2.20. The molecule has 2 aliphatic rings. The van der Waals surface area contributed by atoms with E-state index in [0.29, 0.717) is 36.6 Å². The maximum absolute atomic E-state index is 12.2. The average Bonchev–Trinajstić information content (AvgIpc) is 2.87. The Hall–Kier alpha value is -2.17. The summed E-state index contributed by atoms with van der Waals surface area (Å²) in [5, 5.41) is 0. The number of nitrogens with zero attached hydrogens (tertiary/aromatic N) is 2. The number of hydrogen-bond donors (Lipinski definition) is 0. The lowest BCUT2D eigenvalue weighted by Crippen LogP contribution is -2.38. The number of rotatable bonds is 3. The summed E-state index contributed by atoms with van der Waals surface area (Å²) >= 11 is 0. The molecule has 1 saturated heterocycles. The zero-order valence-corrected chi connectivity index (χ0v) is 11.3. The largest absolute Gasteiger partial charge is 0.341 e. The molecule has 104 valence electrons. The van der Waals surface area contributed by atoms with E-state index in [1.807, 2.05) is 6.92 Å². The molecule has 0 bridgehead atoms. The minimum absolute atomic E-state index is 0.106. The Morgan fingerprint density at radius 3 is 2.15 bits per heavy atom. The molecule has 1 fully saturated rings. The summed E-state index contributed by atoms with van der Waals surface area (Å²) in [5.41, 5.74) is 0.914. The number of benzene rings is 1. The fraction of sp³-hybridized carbons (Fsp3) is 0.400. The minimum atomic E-state index is -0.259. The summed E-state index contributed by atoms with van der Waals surface area (Å²) in [6, 6.07) is 6.83. The predicted molar refractivity (Wildman–Crippen MR) is 72.2 cm³/mol. The van der Waals surface area contributed by atoms with Gasteiger partial charge in [0.1, 0.15) is 0 Å². The van der Waals surface area contributed by atoms with Gasteiger partial charge in [0.25, 0.3) is 11.8 Å². The van der Waals surface area contributed by atoms with Crippen LogP contribution in [0.25, 0.3) is 0 Å². The van der Waals surface area contributed by atoms with Gasteiger partial charge in [-0.25, -0.2) is 0 Å². The van der Waals surface area contributed by atoms with Gasteiger partial charge in [-0.1, -0.05) is 19.1 Å². The molecule has 20 heavy (non-hydrogen) atoms. The van der Waals surface area contributed by atoms with Gasteiger partial charge in [0.15, 0.2) is 0 Å². The minimum Gasteiger partial charge on any atom is -0.341 e. The molecule has 0 spiro atoms. The molecular weight excluding hydrogens is 256 g/mol. The second kappa shape index (κ2) is 4.74. The summed E-state index contributed by atoms with van der Waals surface area (Å²) in [6.45, 7) is 3.43. The number of amides is 3. The highest BCUT2D eigenvalue weighted by Crippen LogP contribution is 2.23. The van der Waals surface area contributed by atoms with Crippen LogP contribution in [-0.4, -0.2) is 47.2 Å². The molecule has 2 heterocycles. The van der Waals surface area contributed by atoms with Crippen LogP contribution in [0.3, 0.4) is 0 Å². The fourth-order valence-corrected chi connectivity index (χ4v) is 2.85. The second-order valence-electron chi connectivity index (χ2n) is 5.46. The predicted octanol–water partition coefficient (Wildman–Crippen LogP) is 1.15. The highest BCUT2D eigenvalue weighted by molar-refractivity contribution is 6.21. The summed E-state index contributed by atoms with van der Waals surface area (Å²) in [5.74, 6) is -0.0608. The van der Waals surface area contributed by atoms with Gasteiger partial charge in [-0.2, -0.15) is 0 Å². The topological polar surface area (TPSA) is 57.7 Å². The maximum atomic E-state index is 12.2. The Morgan fingerprint density at radius 1 is 1.05 bits per heavy atom. The number of fused-ring (bicyclic) bond motifs is 1. The number of likely N-dealkylation sites (tertiary alicyclic amines) is 1. The molecule has 5 nitrogen and oxygen atoms in total. The first-order valence-corrected chi connectivity index (χ1v) is 6.81. The monoisotopic (exact) mass is 272 g/mol. The molecule has 0 unspecified atom stereocenters. The Labute approximate surface area is 117 Å². The summed E-state index contributed by atoms with van der Waals surface area (Å²) < 4.78 is 0. The van der Waals surface area contributed by atoms with Gasteiger partial charge in [0.2, 0.25) is 5.91 Å². The lowest BCUT2D eigenvalue weighted by molar-refractivity contribution is -0.127. The SMILES string of the molecule is C[C@@H]1CC(=O)N(CCN2C(=O)c3ccccc3C2=O)C1. The van der Waals surface area contributed by atoms with Crippen molar-refractivity contribution in [2.45, 2.75) is 13.3 Å². The van der Waals surface area contributed by atoms with Gasteiger partial charge in [0, 0.05) is 26.1 Å². The van der Waals surface area contributed by atoms with Crippen molar-refractivity contribution in [1.29, 1.82) is 0 Å². The van der Waals surface area contributed by atoms with Crippen molar-refractivity contribution >= 4 is 17.7 Å². The summed E-state index contributed by atoms with van der Waals surface area (Å²) in [4.78, 5) is 39.0. The molecule has 1 aromatic rings. The third-order valence-electron chi connectivity index (χ3n) is 3.88. The van der Waals surface area contributed by atoms with E-state index in [4.69, 9.17) is 0 Å². The molecule has 1 aromatic carbocycles. The Morgan fingerprint density at radius 2 is 1.65 bits per heavy atom. The Kier molecular flexibility index (Phi) is 3.04. The first-order chi connectivity index (χ1) is 9.58. The normalized spacial score (nSPS) is 21.9. The van der Waals surface area contributed by atoms with E-state index in [-0.39, 0.29) is 24.3 Å². The van der Waals surface area contributed by atoms with Crippen molar-refractivity contribution in [3.63, 3.8) is 0 Å². The van der Waals surface area contributed by atoms with Gasteiger partial charge in [-0.3, -0.25) is 19.3 Å². The Balaban J connectivity index is 1.70. The molecule has 0 aromatic heterocycles. The van der Waals surface area contributed by atoms with Crippen LogP contribution >= 0.6 is 0 Å². The standard InChI is InChI=1S/C15H16N2O3/c1-10-8-13(18)16(9-10)6-7-17-14(19)11-4-2-3-5-12(11)15(17)20/h2-5,10H,6-9H2,1H3/t10-/m1/s1. The highest BCUT2D eigenvalue weighted by atomic mass is 16.2. The molecule has 0 saturated carbocycles. The number of hydrogen-bond acceptors (Lipinski definition) is 3. The average molecular weight is 272 g/mol. The van der Waals surface area contributed by atoms with Crippen molar-refractivity contribution in [3.8, 4) is 0 Å². The van der Waals surface area contributed by atoms with Crippen LogP contribution in [0.1, 0.15) is 34.1 Å². The van der Waals surface area contributed by atoms with E-state index in [2.05, 4.69) is 0 Å². The van der Waals surface area contributed by atoms with Crippen molar-refractivity contribution in [3.05, 3.63) is 35.4 Å². The van der Waals surface area contributed by atoms with Crippen molar-refractivity contribution < 1.29 is 14.4 Å².